The first-order valence-electron chi connectivity index (χ1n) is 6.44. The standard InChI is InChI=1S/C14H21NO3/c1-4-17-14-6-10-5-9(2)18-13(10)7-11(14)12(8-16)15-3/h6-7,9,12,15-16H,4-5,8H2,1-3H3. The van der Waals surface area contributed by atoms with E-state index in [1.165, 1.54) is 5.56 Å². The molecule has 0 saturated heterocycles. The van der Waals surface area contributed by atoms with Gasteiger partial charge in [0.15, 0.2) is 0 Å². The summed E-state index contributed by atoms with van der Waals surface area (Å²) in [6.45, 7) is 4.67. The molecule has 4 heteroatoms. The predicted octanol–water partition coefficient (Wildman–Crippen LogP) is 1.66. The number of hydrogen-bond donors (Lipinski definition) is 2. The topological polar surface area (TPSA) is 50.7 Å². The highest BCUT2D eigenvalue weighted by atomic mass is 16.5. The molecular weight excluding hydrogens is 230 g/mol. The quantitative estimate of drug-likeness (QED) is 0.835. The van der Waals surface area contributed by atoms with E-state index in [-0.39, 0.29) is 18.8 Å². The number of nitrogens with one attached hydrogen (secondary N) is 1. The van der Waals surface area contributed by atoms with E-state index in [9.17, 15) is 5.11 Å². The van der Waals surface area contributed by atoms with E-state index < -0.39 is 0 Å². The zero-order valence-electron chi connectivity index (χ0n) is 11.2. The van der Waals surface area contributed by atoms with Gasteiger partial charge in [0.1, 0.15) is 17.6 Å². The van der Waals surface area contributed by atoms with Gasteiger partial charge in [-0.15, -0.1) is 0 Å². The van der Waals surface area contributed by atoms with Gasteiger partial charge in [-0.2, -0.15) is 0 Å². The second-order valence-corrected chi connectivity index (χ2v) is 4.59. The van der Waals surface area contributed by atoms with Gasteiger partial charge in [-0.05, 0) is 33.0 Å². The van der Waals surface area contributed by atoms with Crippen molar-refractivity contribution in [3.8, 4) is 11.5 Å². The molecule has 1 aromatic carbocycles. The van der Waals surface area contributed by atoms with E-state index in [1.54, 1.807) is 0 Å². The van der Waals surface area contributed by atoms with Crippen molar-refractivity contribution in [3.63, 3.8) is 0 Å². The molecule has 2 rings (SSSR count). The Bertz CT molecular complexity index is 416. The molecule has 0 spiro atoms. The third-order valence-electron chi connectivity index (χ3n) is 3.23. The molecule has 2 N–H and O–H groups in total. The minimum atomic E-state index is -0.128. The minimum absolute atomic E-state index is 0.0327. The van der Waals surface area contributed by atoms with Crippen LogP contribution in [0.2, 0.25) is 0 Å². The van der Waals surface area contributed by atoms with Crippen LogP contribution in [-0.4, -0.2) is 31.5 Å². The highest BCUT2D eigenvalue weighted by Gasteiger charge is 2.24. The van der Waals surface area contributed by atoms with Gasteiger partial charge in [0.2, 0.25) is 0 Å². The number of likely N-dealkylation sites (N-methyl/N-ethyl adjacent to an activating group) is 1. The lowest BCUT2D eigenvalue weighted by Crippen LogP contribution is -2.21. The number of fused-ring (bicyclic) bond motifs is 1. The van der Waals surface area contributed by atoms with Gasteiger partial charge in [-0.1, -0.05) is 0 Å². The normalized spacial score (nSPS) is 19.2. The lowest BCUT2D eigenvalue weighted by Gasteiger charge is -2.19. The molecule has 0 amide bonds. The third kappa shape index (κ3) is 2.44. The van der Waals surface area contributed by atoms with Crippen LogP contribution in [-0.2, 0) is 6.42 Å². The van der Waals surface area contributed by atoms with E-state index in [1.807, 2.05) is 26.1 Å². The molecule has 1 aliphatic heterocycles. The van der Waals surface area contributed by atoms with Gasteiger partial charge in [-0.3, -0.25) is 0 Å². The van der Waals surface area contributed by atoms with E-state index >= 15 is 0 Å². The molecule has 1 heterocycles. The minimum Gasteiger partial charge on any atom is -0.494 e. The molecule has 1 aromatic rings. The van der Waals surface area contributed by atoms with Gasteiger partial charge in [0, 0.05) is 17.5 Å². The lowest BCUT2D eigenvalue weighted by atomic mass is 10.0. The Morgan fingerprint density at radius 2 is 2.33 bits per heavy atom. The summed E-state index contributed by atoms with van der Waals surface area (Å²) in [7, 11) is 1.83. The zero-order valence-corrected chi connectivity index (χ0v) is 11.2. The van der Waals surface area contributed by atoms with Crippen LogP contribution < -0.4 is 14.8 Å². The summed E-state index contributed by atoms with van der Waals surface area (Å²) < 4.78 is 11.4. The first-order valence-corrected chi connectivity index (χ1v) is 6.44. The smallest absolute Gasteiger partial charge is 0.124 e. The molecule has 18 heavy (non-hydrogen) atoms. The van der Waals surface area contributed by atoms with Crippen LogP contribution in [0.1, 0.15) is 31.0 Å². The number of rotatable bonds is 5. The van der Waals surface area contributed by atoms with Gasteiger partial charge in [0.05, 0.1) is 19.3 Å². The Kier molecular flexibility index (Phi) is 4.09. The van der Waals surface area contributed by atoms with Crippen molar-refractivity contribution in [1.82, 2.24) is 5.32 Å². The molecule has 1 aliphatic rings. The second kappa shape index (κ2) is 5.59. The maximum atomic E-state index is 9.41. The molecule has 0 aromatic heterocycles. The fraction of sp³-hybridized carbons (Fsp3) is 0.571. The van der Waals surface area contributed by atoms with Crippen molar-refractivity contribution >= 4 is 0 Å². The largest absolute Gasteiger partial charge is 0.494 e. The van der Waals surface area contributed by atoms with Gasteiger partial charge >= 0.3 is 0 Å². The van der Waals surface area contributed by atoms with Crippen molar-refractivity contribution in [2.45, 2.75) is 32.4 Å². The van der Waals surface area contributed by atoms with Crippen LogP contribution in [0.5, 0.6) is 11.5 Å². The van der Waals surface area contributed by atoms with Crippen LogP contribution in [0.25, 0.3) is 0 Å². The summed E-state index contributed by atoms with van der Waals surface area (Å²) in [5, 5.41) is 12.5. The first kappa shape index (κ1) is 13.2. The Morgan fingerprint density at radius 3 is 2.94 bits per heavy atom. The summed E-state index contributed by atoms with van der Waals surface area (Å²) >= 11 is 0. The van der Waals surface area contributed by atoms with Crippen LogP contribution >= 0.6 is 0 Å². The maximum Gasteiger partial charge on any atom is 0.124 e. The Balaban J connectivity index is 2.40. The average molecular weight is 251 g/mol. The van der Waals surface area contributed by atoms with E-state index in [0.717, 1.165) is 23.5 Å². The van der Waals surface area contributed by atoms with Crippen molar-refractivity contribution in [3.05, 3.63) is 23.3 Å². The maximum absolute atomic E-state index is 9.41. The predicted molar refractivity (Wildman–Crippen MR) is 70.3 cm³/mol. The van der Waals surface area contributed by atoms with Crippen molar-refractivity contribution < 1.29 is 14.6 Å². The summed E-state index contributed by atoms with van der Waals surface area (Å²) in [5.74, 6) is 1.75. The average Bonchev–Trinajstić information content (AvgIpc) is 2.70. The van der Waals surface area contributed by atoms with E-state index in [0.29, 0.717) is 6.61 Å². The lowest BCUT2D eigenvalue weighted by molar-refractivity contribution is 0.242. The molecule has 0 radical (unpaired) electrons. The molecule has 0 saturated carbocycles. The zero-order chi connectivity index (χ0) is 13.1. The van der Waals surface area contributed by atoms with Gasteiger partial charge < -0.3 is 19.9 Å². The number of ether oxygens (including phenoxy) is 2. The van der Waals surface area contributed by atoms with Gasteiger partial charge in [-0.25, -0.2) is 0 Å². The molecule has 0 aliphatic carbocycles. The van der Waals surface area contributed by atoms with Crippen LogP contribution in [0.15, 0.2) is 12.1 Å². The summed E-state index contributed by atoms with van der Waals surface area (Å²) in [4.78, 5) is 0. The number of benzene rings is 1. The summed E-state index contributed by atoms with van der Waals surface area (Å²) in [6.07, 6.45) is 1.13. The van der Waals surface area contributed by atoms with Gasteiger partial charge in [0.25, 0.3) is 0 Å². The fourth-order valence-corrected chi connectivity index (χ4v) is 2.35. The van der Waals surface area contributed by atoms with E-state index in [2.05, 4.69) is 12.2 Å². The van der Waals surface area contributed by atoms with Crippen molar-refractivity contribution in [2.75, 3.05) is 20.3 Å². The Morgan fingerprint density at radius 1 is 1.56 bits per heavy atom. The van der Waals surface area contributed by atoms with Crippen molar-refractivity contribution in [1.29, 1.82) is 0 Å². The van der Waals surface area contributed by atoms with E-state index in [4.69, 9.17) is 9.47 Å². The van der Waals surface area contributed by atoms with Crippen LogP contribution in [0.3, 0.4) is 0 Å². The molecular formula is C14H21NO3. The second-order valence-electron chi connectivity index (χ2n) is 4.59. The number of aliphatic hydroxyl groups excluding tert-OH is 1. The highest BCUT2D eigenvalue weighted by Crippen LogP contribution is 2.37. The Hall–Kier alpha value is -1.26. The Labute approximate surface area is 108 Å². The molecule has 0 bridgehead atoms. The van der Waals surface area contributed by atoms with Crippen LogP contribution in [0.4, 0.5) is 0 Å². The molecule has 0 fully saturated rings. The van der Waals surface area contributed by atoms with Crippen molar-refractivity contribution in [2.24, 2.45) is 0 Å². The number of hydrogen-bond acceptors (Lipinski definition) is 4. The SMILES string of the molecule is CCOc1cc2c(cc1C(CO)NC)OC(C)C2. The third-order valence-corrected chi connectivity index (χ3v) is 3.23. The fourth-order valence-electron chi connectivity index (χ4n) is 2.35. The van der Waals surface area contributed by atoms with Crippen LogP contribution in [0, 0.1) is 0 Å². The molecule has 2 atom stereocenters. The summed E-state index contributed by atoms with van der Waals surface area (Å²) in [6, 6.07) is 3.90. The summed E-state index contributed by atoms with van der Waals surface area (Å²) in [5.41, 5.74) is 2.14. The highest BCUT2D eigenvalue weighted by molar-refractivity contribution is 5.50. The molecule has 2 unspecified atom stereocenters. The monoisotopic (exact) mass is 251 g/mol. The molecule has 4 nitrogen and oxygen atoms in total. The first-order chi connectivity index (χ1) is 8.69. The number of aliphatic hydroxyl groups is 1. The molecule has 100 valence electrons.